The molecule has 1 saturated heterocycles. The van der Waals surface area contributed by atoms with Crippen molar-refractivity contribution in [1.82, 2.24) is 15.3 Å². The Hall–Kier alpha value is -2.59. The van der Waals surface area contributed by atoms with Gasteiger partial charge < -0.3 is 24.2 Å². The molecule has 1 amide bonds. The molecule has 4 heterocycles. The average molecular weight is 412 g/mol. The van der Waals surface area contributed by atoms with Gasteiger partial charge in [-0.05, 0) is 12.1 Å². The van der Waals surface area contributed by atoms with E-state index in [0.717, 1.165) is 24.1 Å². The van der Waals surface area contributed by atoms with E-state index in [9.17, 15) is 9.90 Å². The van der Waals surface area contributed by atoms with Crippen LogP contribution >= 0.6 is 0 Å². The van der Waals surface area contributed by atoms with Crippen molar-refractivity contribution in [3.05, 3.63) is 47.5 Å². The number of ether oxygens (including phenoxy) is 3. The third-order valence-electron chi connectivity index (χ3n) is 5.98. The van der Waals surface area contributed by atoms with E-state index in [0.29, 0.717) is 31.3 Å². The summed E-state index contributed by atoms with van der Waals surface area (Å²) in [6.45, 7) is 1.77. The molecule has 0 bridgehead atoms. The number of nitrogens with zero attached hydrogens (tertiary/aromatic N) is 3. The Labute approximate surface area is 174 Å². The Bertz CT molecular complexity index is 957. The third kappa shape index (κ3) is 3.24. The molecular formula is C21H24N4O5. The van der Waals surface area contributed by atoms with Crippen molar-refractivity contribution in [1.29, 1.82) is 0 Å². The van der Waals surface area contributed by atoms with Crippen LogP contribution in [-0.2, 0) is 26.5 Å². The van der Waals surface area contributed by atoms with Gasteiger partial charge in [0.15, 0.2) is 12.1 Å². The van der Waals surface area contributed by atoms with Gasteiger partial charge in [0.05, 0.1) is 18.0 Å². The summed E-state index contributed by atoms with van der Waals surface area (Å²) in [5, 5.41) is 13.7. The summed E-state index contributed by atoms with van der Waals surface area (Å²) in [6.07, 6.45) is 1.91. The maximum absolute atomic E-state index is 12.9. The summed E-state index contributed by atoms with van der Waals surface area (Å²) < 4.78 is 17.3. The minimum atomic E-state index is -1.22. The van der Waals surface area contributed by atoms with Gasteiger partial charge in [0.25, 0.3) is 0 Å². The van der Waals surface area contributed by atoms with E-state index < -0.39 is 17.9 Å². The molecule has 9 nitrogen and oxygen atoms in total. The molecule has 1 spiro atoms. The molecule has 3 aliphatic heterocycles. The number of aliphatic hydroxyl groups is 1. The highest BCUT2D eigenvalue weighted by atomic mass is 16.5. The topological polar surface area (TPSA) is 106 Å². The van der Waals surface area contributed by atoms with E-state index in [1.807, 2.05) is 24.3 Å². The predicted molar refractivity (Wildman–Crippen MR) is 106 cm³/mol. The van der Waals surface area contributed by atoms with E-state index in [2.05, 4.69) is 15.3 Å². The molecule has 158 valence electrons. The zero-order valence-electron chi connectivity index (χ0n) is 16.7. The lowest BCUT2D eigenvalue weighted by Gasteiger charge is -2.32. The van der Waals surface area contributed by atoms with Crippen molar-refractivity contribution in [2.45, 2.75) is 37.3 Å². The normalized spacial score (nSPS) is 23.5. The van der Waals surface area contributed by atoms with Gasteiger partial charge in [0.1, 0.15) is 24.0 Å². The first-order chi connectivity index (χ1) is 14.6. The molecular weight excluding hydrogens is 388 g/mol. The van der Waals surface area contributed by atoms with Gasteiger partial charge in [-0.2, -0.15) is 0 Å². The zero-order valence-corrected chi connectivity index (χ0v) is 16.7. The highest BCUT2D eigenvalue weighted by Gasteiger charge is 2.44. The van der Waals surface area contributed by atoms with Crippen LogP contribution in [0.3, 0.4) is 0 Å². The molecule has 1 unspecified atom stereocenters. The van der Waals surface area contributed by atoms with Crippen LogP contribution in [-0.4, -0.2) is 53.9 Å². The fourth-order valence-corrected chi connectivity index (χ4v) is 4.26. The second-order valence-corrected chi connectivity index (χ2v) is 7.80. The van der Waals surface area contributed by atoms with Gasteiger partial charge >= 0.3 is 0 Å². The molecule has 1 aromatic heterocycles. The maximum Gasteiger partial charge on any atom is 0.247 e. The number of hydrogen-bond donors (Lipinski definition) is 2. The first kappa shape index (κ1) is 19.4. The molecule has 2 aromatic rings. The molecule has 3 aliphatic rings. The number of para-hydroxylation sites is 2. The van der Waals surface area contributed by atoms with Crippen LogP contribution in [0.5, 0.6) is 5.75 Å². The lowest BCUT2D eigenvalue weighted by Crippen LogP contribution is -2.48. The van der Waals surface area contributed by atoms with Crippen LogP contribution in [0, 0.1) is 0 Å². The largest absolute Gasteiger partial charge is 0.489 e. The van der Waals surface area contributed by atoms with Crippen LogP contribution < -0.4 is 15.0 Å². The highest BCUT2D eigenvalue weighted by Crippen LogP contribution is 2.42. The molecule has 2 atom stereocenters. The second-order valence-electron chi connectivity index (χ2n) is 7.80. The van der Waals surface area contributed by atoms with Crippen LogP contribution in [0.15, 0.2) is 30.5 Å². The number of hydrogen-bond acceptors (Lipinski definition) is 8. The number of carbonyl (C=O) groups is 1. The molecule has 9 heteroatoms. The average Bonchev–Trinajstić information content (AvgIpc) is 3.07. The minimum absolute atomic E-state index is 0.0899. The second kappa shape index (κ2) is 7.59. The number of likely N-dealkylation sites (N-methyl/N-ethyl adjacent to an activating group) is 1. The van der Waals surface area contributed by atoms with Gasteiger partial charge in [-0.25, -0.2) is 9.97 Å². The van der Waals surface area contributed by atoms with Crippen molar-refractivity contribution in [3.63, 3.8) is 0 Å². The number of aliphatic hydroxyl groups excluding tert-OH is 1. The first-order valence-corrected chi connectivity index (χ1v) is 10.1. The standard InChI is InChI=1S/C21H24N4O5/c1-25-15-4-2-3-5-16(15)29-12-14(20(25)27)23-19(26)18-22-10-13-11-30-21(17(13)24-18)6-8-28-9-7-21/h2-5,10,14,19,23,26H,6-9,11-12H2,1H3/t14-,19?/m0/s1. The Morgan fingerprint density at radius 1 is 1.30 bits per heavy atom. The highest BCUT2D eigenvalue weighted by molar-refractivity contribution is 5.98. The summed E-state index contributed by atoms with van der Waals surface area (Å²) in [5.41, 5.74) is 1.95. The van der Waals surface area contributed by atoms with E-state index in [4.69, 9.17) is 14.2 Å². The number of aromatic nitrogens is 2. The van der Waals surface area contributed by atoms with Gasteiger partial charge in [-0.3, -0.25) is 10.1 Å². The number of anilines is 1. The monoisotopic (exact) mass is 412 g/mol. The van der Waals surface area contributed by atoms with Crippen LogP contribution in [0.1, 0.15) is 36.2 Å². The number of nitrogens with one attached hydrogen (secondary N) is 1. The minimum Gasteiger partial charge on any atom is -0.489 e. The van der Waals surface area contributed by atoms with Crippen LogP contribution in [0.25, 0.3) is 0 Å². The number of rotatable bonds is 3. The zero-order chi connectivity index (χ0) is 20.7. The predicted octanol–water partition coefficient (Wildman–Crippen LogP) is 1.02. The molecule has 0 radical (unpaired) electrons. The molecule has 1 aromatic carbocycles. The first-order valence-electron chi connectivity index (χ1n) is 10.1. The fraction of sp³-hybridized carbons (Fsp3) is 0.476. The Balaban J connectivity index is 1.36. The summed E-state index contributed by atoms with van der Waals surface area (Å²) in [5.74, 6) is 0.631. The number of benzene rings is 1. The van der Waals surface area contributed by atoms with Crippen LogP contribution in [0.4, 0.5) is 5.69 Å². The number of carbonyl (C=O) groups excluding carboxylic acids is 1. The van der Waals surface area contributed by atoms with Gasteiger partial charge in [-0.1, -0.05) is 12.1 Å². The van der Waals surface area contributed by atoms with Crippen molar-refractivity contribution < 1.29 is 24.1 Å². The van der Waals surface area contributed by atoms with Gasteiger partial charge in [-0.15, -0.1) is 0 Å². The van der Waals surface area contributed by atoms with Gasteiger partial charge in [0.2, 0.25) is 5.91 Å². The quantitative estimate of drug-likeness (QED) is 0.720. The third-order valence-corrected chi connectivity index (χ3v) is 5.98. The molecule has 0 saturated carbocycles. The lowest BCUT2D eigenvalue weighted by atomic mass is 9.90. The van der Waals surface area contributed by atoms with Crippen molar-refractivity contribution in [2.75, 3.05) is 31.8 Å². The summed E-state index contributed by atoms with van der Waals surface area (Å²) in [4.78, 5) is 23.4. The van der Waals surface area contributed by atoms with Crippen LogP contribution in [0.2, 0.25) is 0 Å². The summed E-state index contributed by atoms with van der Waals surface area (Å²) >= 11 is 0. The SMILES string of the molecule is CN1C(=O)[C@@H](NC(O)c2ncc3c(n2)C2(CCOCC2)OC3)COc2ccccc21. The molecule has 1 fully saturated rings. The van der Waals surface area contributed by atoms with Crippen molar-refractivity contribution in [3.8, 4) is 5.75 Å². The molecule has 0 aliphatic carbocycles. The number of amides is 1. The lowest BCUT2D eigenvalue weighted by molar-refractivity contribution is -0.121. The number of fused-ring (bicyclic) bond motifs is 3. The Kier molecular flexibility index (Phi) is 4.90. The van der Waals surface area contributed by atoms with Gasteiger partial charge in [0, 0.05) is 44.9 Å². The fourth-order valence-electron chi connectivity index (χ4n) is 4.26. The Morgan fingerprint density at radius 2 is 2.10 bits per heavy atom. The maximum atomic E-state index is 12.9. The van der Waals surface area contributed by atoms with Crippen molar-refractivity contribution in [2.24, 2.45) is 0 Å². The molecule has 5 rings (SSSR count). The van der Waals surface area contributed by atoms with E-state index in [-0.39, 0.29) is 18.3 Å². The summed E-state index contributed by atoms with van der Waals surface area (Å²) in [6, 6.07) is 6.59. The van der Waals surface area contributed by atoms with E-state index >= 15 is 0 Å². The summed E-state index contributed by atoms with van der Waals surface area (Å²) in [7, 11) is 1.69. The molecule has 30 heavy (non-hydrogen) atoms. The van der Waals surface area contributed by atoms with E-state index in [1.165, 1.54) is 4.90 Å². The van der Waals surface area contributed by atoms with E-state index in [1.54, 1.807) is 13.2 Å². The smallest absolute Gasteiger partial charge is 0.247 e. The van der Waals surface area contributed by atoms with Crippen molar-refractivity contribution >= 4 is 11.6 Å². The molecule has 2 N–H and O–H groups in total. The Morgan fingerprint density at radius 3 is 2.93 bits per heavy atom.